The number of amides is 2. The van der Waals surface area contributed by atoms with Crippen molar-refractivity contribution in [2.75, 3.05) is 6.61 Å². The summed E-state index contributed by atoms with van der Waals surface area (Å²) in [7, 11) is 0. The SMILES string of the molecule is Cc1cc(C)c(C2=NOC(C(=O)N3C(=O)OCC3(Cc3ccccc3)Cc3ccccc3)C2)c(C)c1. The van der Waals surface area contributed by atoms with Crippen LogP contribution in [0.5, 0.6) is 0 Å². The van der Waals surface area contributed by atoms with Crippen LogP contribution in [-0.4, -0.2) is 40.9 Å². The number of oxime groups is 1. The number of cyclic esters (lactones) is 1. The molecule has 0 saturated carbocycles. The van der Waals surface area contributed by atoms with Gasteiger partial charge in [0, 0.05) is 12.0 Å². The molecule has 2 heterocycles. The molecule has 1 unspecified atom stereocenters. The molecule has 3 aromatic rings. The van der Waals surface area contributed by atoms with E-state index >= 15 is 0 Å². The van der Waals surface area contributed by atoms with Gasteiger partial charge in [-0.1, -0.05) is 83.5 Å². The number of carbonyl (C=O) groups excluding carboxylic acids is 2. The van der Waals surface area contributed by atoms with Crippen molar-refractivity contribution < 1.29 is 19.2 Å². The Labute approximate surface area is 211 Å². The molecule has 0 N–H and O–H groups in total. The largest absolute Gasteiger partial charge is 0.447 e. The van der Waals surface area contributed by atoms with E-state index in [1.165, 1.54) is 10.5 Å². The third-order valence-corrected chi connectivity index (χ3v) is 7.00. The lowest BCUT2D eigenvalue weighted by atomic mass is 9.84. The minimum Gasteiger partial charge on any atom is -0.447 e. The topological polar surface area (TPSA) is 68.2 Å². The molecule has 184 valence electrons. The number of carbonyl (C=O) groups is 2. The molecular weight excluding hydrogens is 452 g/mol. The van der Waals surface area contributed by atoms with Crippen LogP contribution in [0.25, 0.3) is 0 Å². The molecule has 0 spiro atoms. The van der Waals surface area contributed by atoms with Crippen LogP contribution in [0.2, 0.25) is 0 Å². The molecule has 1 saturated heterocycles. The minimum absolute atomic E-state index is 0.123. The Balaban J connectivity index is 1.45. The predicted molar refractivity (Wildman–Crippen MR) is 138 cm³/mol. The number of nitrogens with zero attached hydrogens (tertiary/aromatic N) is 2. The number of hydrogen-bond donors (Lipinski definition) is 0. The van der Waals surface area contributed by atoms with Crippen LogP contribution in [0.15, 0.2) is 78.0 Å². The van der Waals surface area contributed by atoms with Crippen molar-refractivity contribution in [1.82, 2.24) is 4.90 Å². The van der Waals surface area contributed by atoms with Crippen LogP contribution in [0.4, 0.5) is 4.79 Å². The summed E-state index contributed by atoms with van der Waals surface area (Å²) < 4.78 is 5.54. The monoisotopic (exact) mass is 482 g/mol. The van der Waals surface area contributed by atoms with Crippen LogP contribution in [0.1, 0.15) is 39.8 Å². The third kappa shape index (κ3) is 4.51. The molecule has 3 aromatic carbocycles. The van der Waals surface area contributed by atoms with E-state index in [2.05, 4.69) is 24.2 Å². The summed E-state index contributed by atoms with van der Waals surface area (Å²) in [5, 5.41) is 4.29. The molecule has 1 atom stereocenters. The van der Waals surface area contributed by atoms with E-state index < -0.39 is 23.6 Å². The van der Waals surface area contributed by atoms with Crippen molar-refractivity contribution >= 4 is 17.7 Å². The third-order valence-electron chi connectivity index (χ3n) is 7.00. The molecule has 5 rings (SSSR count). The maximum Gasteiger partial charge on any atom is 0.417 e. The van der Waals surface area contributed by atoms with Crippen molar-refractivity contribution in [2.24, 2.45) is 5.16 Å². The van der Waals surface area contributed by atoms with Crippen LogP contribution >= 0.6 is 0 Å². The van der Waals surface area contributed by atoms with Crippen LogP contribution in [-0.2, 0) is 27.2 Å². The Morgan fingerprint density at radius 3 is 2.06 bits per heavy atom. The summed E-state index contributed by atoms with van der Waals surface area (Å²) in [5.41, 5.74) is 6.27. The normalized spacial score (nSPS) is 18.5. The second-order valence-electron chi connectivity index (χ2n) is 9.89. The van der Waals surface area contributed by atoms with Crippen molar-refractivity contribution in [2.45, 2.75) is 51.7 Å². The first-order valence-corrected chi connectivity index (χ1v) is 12.3. The fourth-order valence-corrected chi connectivity index (χ4v) is 5.55. The molecule has 36 heavy (non-hydrogen) atoms. The van der Waals surface area contributed by atoms with Crippen LogP contribution in [0, 0.1) is 20.8 Å². The summed E-state index contributed by atoms with van der Waals surface area (Å²) in [6.07, 6.45) is -0.239. The number of hydrogen-bond acceptors (Lipinski definition) is 5. The van der Waals surface area contributed by atoms with Crippen LogP contribution < -0.4 is 0 Å². The summed E-state index contributed by atoms with van der Waals surface area (Å²) in [4.78, 5) is 33.9. The van der Waals surface area contributed by atoms with Crippen molar-refractivity contribution in [3.05, 3.63) is 106 Å². The first-order chi connectivity index (χ1) is 17.4. The first-order valence-electron chi connectivity index (χ1n) is 12.3. The number of imide groups is 1. The standard InChI is InChI=1S/C30H30N2O4/c1-20-14-21(2)27(22(3)15-20)25-16-26(36-31-25)28(33)32-29(34)35-19-30(32,17-23-10-6-4-7-11-23)18-24-12-8-5-9-13-24/h4-15,26H,16-19H2,1-3H3. The van der Waals surface area contributed by atoms with Gasteiger partial charge < -0.3 is 9.57 Å². The van der Waals surface area contributed by atoms with Gasteiger partial charge in [0.25, 0.3) is 5.91 Å². The molecule has 6 heteroatoms. The lowest BCUT2D eigenvalue weighted by Crippen LogP contribution is -2.56. The summed E-state index contributed by atoms with van der Waals surface area (Å²) in [6.45, 7) is 6.25. The lowest BCUT2D eigenvalue weighted by molar-refractivity contribution is -0.142. The van der Waals surface area contributed by atoms with E-state index in [4.69, 9.17) is 9.57 Å². The number of aryl methyl sites for hydroxylation is 3. The number of benzene rings is 3. The van der Waals surface area contributed by atoms with E-state index in [1.807, 2.05) is 74.5 Å². The van der Waals surface area contributed by atoms with Crippen molar-refractivity contribution in [3.8, 4) is 0 Å². The van der Waals surface area contributed by atoms with Gasteiger partial charge in [0.2, 0.25) is 6.10 Å². The molecule has 0 aliphatic carbocycles. The Kier molecular flexibility index (Phi) is 6.35. The second-order valence-corrected chi connectivity index (χ2v) is 9.89. The number of rotatable bonds is 6. The van der Waals surface area contributed by atoms with Gasteiger partial charge in [-0.3, -0.25) is 4.79 Å². The molecule has 0 bridgehead atoms. The van der Waals surface area contributed by atoms with Crippen molar-refractivity contribution in [1.29, 1.82) is 0 Å². The maximum absolute atomic E-state index is 13.9. The Morgan fingerprint density at radius 2 is 1.50 bits per heavy atom. The molecule has 0 radical (unpaired) electrons. The van der Waals surface area contributed by atoms with Gasteiger partial charge in [-0.15, -0.1) is 0 Å². The van der Waals surface area contributed by atoms with E-state index in [0.29, 0.717) is 19.3 Å². The molecule has 2 amide bonds. The lowest BCUT2D eigenvalue weighted by Gasteiger charge is -2.35. The zero-order valence-corrected chi connectivity index (χ0v) is 20.9. The fourth-order valence-electron chi connectivity index (χ4n) is 5.55. The van der Waals surface area contributed by atoms with Gasteiger partial charge >= 0.3 is 6.09 Å². The molecule has 0 aromatic heterocycles. The Morgan fingerprint density at radius 1 is 0.944 bits per heavy atom. The van der Waals surface area contributed by atoms with Gasteiger partial charge in [0.05, 0.1) is 11.3 Å². The summed E-state index contributed by atoms with van der Waals surface area (Å²) in [5.74, 6) is -0.412. The molecular formula is C30H30N2O4. The van der Waals surface area contributed by atoms with Gasteiger partial charge in [-0.2, -0.15) is 0 Å². The highest BCUT2D eigenvalue weighted by molar-refractivity contribution is 6.07. The van der Waals surface area contributed by atoms with E-state index in [1.54, 1.807) is 0 Å². The van der Waals surface area contributed by atoms with Crippen molar-refractivity contribution in [3.63, 3.8) is 0 Å². The maximum atomic E-state index is 13.9. The number of ether oxygens (including phenoxy) is 1. The highest BCUT2D eigenvalue weighted by Crippen LogP contribution is 2.35. The van der Waals surface area contributed by atoms with Gasteiger partial charge in [-0.25, -0.2) is 9.69 Å². The molecule has 2 aliphatic heterocycles. The zero-order valence-electron chi connectivity index (χ0n) is 20.9. The fraction of sp³-hybridized carbons (Fsp3) is 0.300. The predicted octanol–water partition coefficient (Wildman–Crippen LogP) is 5.31. The van der Waals surface area contributed by atoms with E-state index in [-0.39, 0.29) is 6.61 Å². The van der Waals surface area contributed by atoms with Crippen LogP contribution in [0.3, 0.4) is 0 Å². The highest BCUT2D eigenvalue weighted by atomic mass is 16.6. The highest BCUT2D eigenvalue weighted by Gasteiger charge is 2.53. The molecule has 6 nitrogen and oxygen atoms in total. The summed E-state index contributed by atoms with van der Waals surface area (Å²) in [6, 6.07) is 24.0. The molecule has 2 aliphatic rings. The smallest absolute Gasteiger partial charge is 0.417 e. The first kappa shape index (κ1) is 23.8. The molecule has 1 fully saturated rings. The Bertz CT molecular complexity index is 1250. The second kappa shape index (κ2) is 9.61. The summed E-state index contributed by atoms with van der Waals surface area (Å²) >= 11 is 0. The van der Waals surface area contributed by atoms with E-state index in [9.17, 15) is 9.59 Å². The van der Waals surface area contributed by atoms with Gasteiger partial charge in [0.1, 0.15) is 6.61 Å². The van der Waals surface area contributed by atoms with Gasteiger partial charge in [0.15, 0.2) is 0 Å². The average Bonchev–Trinajstić information content (AvgIpc) is 3.45. The zero-order chi connectivity index (χ0) is 25.3. The average molecular weight is 483 g/mol. The Hall–Kier alpha value is -3.93. The van der Waals surface area contributed by atoms with Gasteiger partial charge in [-0.05, 0) is 55.9 Å². The van der Waals surface area contributed by atoms with E-state index in [0.717, 1.165) is 33.5 Å². The minimum atomic E-state index is -0.878. The quantitative estimate of drug-likeness (QED) is 0.478.